The highest BCUT2D eigenvalue weighted by atomic mass is 16.5. The van der Waals surface area contributed by atoms with Gasteiger partial charge in [0.05, 0.1) is 6.61 Å². The fourth-order valence-corrected chi connectivity index (χ4v) is 4.54. The monoisotopic (exact) mass is 508 g/mol. The number of ether oxygens (including phenoxy) is 2. The van der Waals surface area contributed by atoms with Crippen LogP contribution in [0.3, 0.4) is 0 Å². The van der Waals surface area contributed by atoms with Gasteiger partial charge in [0.15, 0.2) is 0 Å². The minimum absolute atomic E-state index is 0.0314. The second-order valence-electron chi connectivity index (χ2n) is 9.68. The van der Waals surface area contributed by atoms with Crippen LogP contribution in [-0.2, 0) is 22.6 Å². The second-order valence-corrected chi connectivity index (χ2v) is 9.68. The summed E-state index contributed by atoms with van der Waals surface area (Å²) in [6.45, 7) is 7.94. The number of rotatable bonds is 12. The molecule has 0 aliphatic carbocycles. The van der Waals surface area contributed by atoms with Gasteiger partial charge in [0.2, 0.25) is 0 Å². The van der Waals surface area contributed by atoms with Gasteiger partial charge in [-0.05, 0) is 88.2 Å². The Bertz CT molecular complexity index is 1400. The van der Waals surface area contributed by atoms with E-state index in [1.165, 1.54) is 35.6 Å². The summed E-state index contributed by atoms with van der Waals surface area (Å²) < 4.78 is 11.0. The van der Waals surface area contributed by atoms with E-state index in [-0.39, 0.29) is 19.8 Å². The lowest BCUT2D eigenvalue weighted by atomic mass is 9.93. The topological polar surface area (TPSA) is 55.8 Å². The fourth-order valence-electron chi connectivity index (χ4n) is 4.54. The Hall–Kier alpha value is -3.89. The SMILES string of the molecule is C=C(C)C(=O)OCc1cc(-c2ccc3cc(CCCCC)ccc3c2)ccc1-c1ccc(OCCO)cc1. The normalized spacial score (nSPS) is 10.9. The van der Waals surface area contributed by atoms with Crippen molar-refractivity contribution in [3.05, 3.63) is 102 Å². The summed E-state index contributed by atoms with van der Waals surface area (Å²) in [6, 6.07) is 27.3. The van der Waals surface area contributed by atoms with E-state index < -0.39 is 5.97 Å². The van der Waals surface area contributed by atoms with Crippen LogP contribution < -0.4 is 4.74 Å². The Morgan fingerprint density at radius 3 is 2.26 bits per heavy atom. The zero-order chi connectivity index (χ0) is 26.9. The molecule has 0 saturated heterocycles. The lowest BCUT2D eigenvalue weighted by Gasteiger charge is -2.14. The predicted molar refractivity (Wildman–Crippen MR) is 155 cm³/mol. The summed E-state index contributed by atoms with van der Waals surface area (Å²) in [4.78, 5) is 12.2. The van der Waals surface area contributed by atoms with E-state index in [2.05, 4.69) is 68.1 Å². The number of unbranched alkanes of at least 4 members (excludes halogenated alkanes) is 2. The van der Waals surface area contributed by atoms with Gasteiger partial charge in [0, 0.05) is 5.57 Å². The number of carbonyl (C=O) groups excluding carboxylic acids is 1. The molecule has 4 nitrogen and oxygen atoms in total. The van der Waals surface area contributed by atoms with Crippen molar-refractivity contribution < 1.29 is 19.4 Å². The Morgan fingerprint density at radius 2 is 1.53 bits per heavy atom. The molecule has 0 atom stereocenters. The first kappa shape index (κ1) is 27.2. The molecule has 4 heteroatoms. The summed E-state index contributed by atoms with van der Waals surface area (Å²) >= 11 is 0. The average Bonchev–Trinajstić information content (AvgIpc) is 2.94. The largest absolute Gasteiger partial charge is 0.491 e. The van der Waals surface area contributed by atoms with Crippen LogP contribution in [0.2, 0.25) is 0 Å². The lowest BCUT2D eigenvalue weighted by molar-refractivity contribution is -0.140. The van der Waals surface area contributed by atoms with Gasteiger partial charge in [-0.2, -0.15) is 0 Å². The molecular weight excluding hydrogens is 472 g/mol. The number of hydrogen-bond acceptors (Lipinski definition) is 4. The average molecular weight is 509 g/mol. The van der Waals surface area contributed by atoms with Gasteiger partial charge >= 0.3 is 5.97 Å². The number of benzene rings is 4. The maximum absolute atomic E-state index is 12.2. The van der Waals surface area contributed by atoms with Crippen molar-refractivity contribution in [2.45, 2.75) is 46.1 Å². The van der Waals surface area contributed by atoms with E-state index in [0.717, 1.165) is 34.2 Å². The van der Waals surface area contributed by atoms with Crippen LogP contribution in [0.4, 0.5) is 0 Å². The van der Waals surface area contributed by atoms with Crippen LogP contribution in [0, 0.1) is 0 Å². The van der Waals surface area contributed by atoms with Gasteiger partial charge in [-0.25, -0.2) is 4.79 Å². The quantitative estimate of drug-likeness (QED) is 0.120. The van der Waals surface area contributed by atoms with Gasteiger partial charge in [0.1, 0.15) is 19.0 Å². The highest BCUT2D eigenvalue weighted by molar-refractivity contribution is 5.89. The van der Waals surface area contributed by atoms with Crippen LogP contribution >= 0.6 is 0 Å². The highest BCUT2D eigenvalue weighted by Crippen LogP contribution is 2.32. The van der Waals surface area contributed by atoms with Crippen molar-refractivity contribution in [3.8, 4) is 28.0 Å². The van der Waals surface area contributed by atoms with Crippen LogP contribution in [0.5, 0.6) is 5.75 Å². The first-order valence-corrected chi connectivity index (χ1v) is 13.3. The third kappa shape index (κ3) is 6.90. The van der Waals surface area contributed by atoms with Gasteiger partial charge in [-0.15, -0.1) is 0 Å². The number of hydrogen-bond donors (Lipinski definition) is 1. The zero-order valence-electron chi connectivity index (χ0n) is 22.3. The molecule has 0 bridgehead atoms. The number of aryl methyl sites for hydroxylation is 1. The first-order chi connectivity index (χ1) is 18.5. The summed E-state index contributed by atoms with van der Waals surface area (Å²) in [5.41, 5.74) is 6.81. The van der Waals surface area contributed by atoms with Crippen LogP contribution in [-0.4, -0.2) is 24.3 Å². The van der Waals surface area contributed by atoms with Crippen molar-refractivity contribution in [2.24, 2.45) is 0 Å². The highest BCUT2D eigenvalue weighted by Gasteiger charge is 2.12. The molecule has 4 rings (SSSR count). The van der Waals surface area contributed by atoms with Crippen LogP contribution in [0.25, 0.3) is 33.0 Å². The van der Waals surface area contributed by atoms with Crippen molar-refractivity contribution >= 4 is 16.7 Å². The Kier molecular flexibility index (Phi) is 9.34. The standard InChI is InChI=1S/C34H36O4/c1-4-5-6-7-25-8-9-28-21-29(11-10-27(28)20-25)30-14-17-33(31(22-30)23-38-34(36)24(2)3)26-12-15-32(16-13-26)37-19-18-35/h8-17,20-22,35H,2,4-7,18-19,23H2,1,3H3. The molecule has 0 unspecified atom stereocenters. The van der Waals surface area contributed by atoms with E-state index in [1.807, 2.05) is 24.3 Å². The smallest absolute Gasteiger partial charge is 0.333 e. The molecule has 38 heavy (non-hydrogen) atoms. The maximum Gasteiger partial charge on any atom is 0.333 e. The molecule has 0 radical (unpaired) electrons. The molecular formula is C34H36O4. The van der Waals surface area contributed by atoms with Crippen molar-refractivity contribution in [1.82, 2.24) is 0 Å². The van der Waals surface area contributed by atoms with Gasteiger partial charge in [0.25, 0.3) is 0 Å². The molecule has 0 spiro atoms. The Balaban J connectivity index is 1.64. The van der Waals surface area contributed by atoms with Crippen molar-refractivity contribution in [3.63, 3.8) is 0 Å². The molecule has 0 amide bonds. The molecule has 0 aromatic heterocycles. The van der Waals surface area contributed by atoms with E-state index >= 15 is 0 Å². The van der Waals surface area contributed by atoms with Gasteiger partial charge in [-0.3, -0.25) is 0 Å². The minimum Gasteiger partial charge on any atom is -0.491 e. The molecule has 0 fully saturated rings. The number of aliphatic hydroxyl groups is 1. The maximum atomic E-state index is 12.2. The van der Waals surface area contributed by atoms with Gasteiger partial charge < -0.3 is 14.6 Å². The molecule has 1 N–H and O–H groups in total. The molecule has 0 heterocycles. The summed E-state index contributed by atoms with van der Waals surface area (Å²) in [6.07, 6.45) is 4.84. The number of carbonyl (C=O) groups is 1. The van der Waals surface area contributed by atoms with E-state index in [9.17, 15) is 4.79 Å². The zero-order valence-corrected chi connectivity index (χ0v) is 22.3. The molecule has 0 aliphatic rings. The number of fused-ring (bicyclic) bond motifs is 1. The third-order valence-corrected chi connectivity index (χ3v) is 6.64. The summed E-state index contributed by atoms with van der Waals surface area (Å²) in [5.74, 6) is 0.286. The molecule has 4 aromatic rings. The van der Waals surface area contributed by atoms with E-state index in [4.69, 9.17) is 14.6 Å². The minimum atomic E-state index is -0.408. The number of esters is 1. The second kappa shape index (κ2) is 13.1. The fraction of sp³-hybridized carbons (Fsp3) is 0.265. The molecule has 0 aliphatic heterocycles. The summed E-state index contributed by atoms with van der Waals surface area (Å²) in [7, 11) is 0. The molecule has 0 saturated carbocycles. The Morgan fingerprint density at radius 1 is 0.842 bits per heavy atom. The van der Waals surface area contributed by atoms with Crippen LogP contribution in [0.1, 0.15) is 44.2 Å². The van der Waals surface area contributed by atoms with Crippen LogP contribution in [0.15, 0.2) is 91.0 Å². The van der Waals surface area contributed by atoms with Crippen molar-refractivity contribution in [1.29, 1.82) is 0 Å². The first-order valence-electron chi connectivity index (χ1n) is 13.3. The lowest BCUT2D eigenvalue weighted by Crippen LogP contribution is -2.06. The molecule has 196 valence electrons. The van der Waals surface area contributed by atoms with E-state index in [1.54, 1.807) is 6.92 Å². The van der Waals surface area contributed by atoms with Crippen molar-refractivity contribution in [2.75, 3.05) is 13.2 Å². The number of aliphatic hydroxyl groups excluding tert-OH is 1. The summed E-state index contributed by atoms with van der Waals surface area (Å²) in [5, 5.41) is 11.5. The third-order valence-electron chi connectivity index (χ3n) is 6.64. The van der Waals surface area contributed by atoms with Gasteiger partial charge in [-0.1, -0.05) is 80.9 Å². The molecule has 4 aromatic carbocycles. The predicted octanol–water partition coefficient (Wildman–Crippen LogP) is 7.90. The Labute approximate surface area is 225 Å². The van der Waals surface area contributed by atoms with E-state index in [0.29, 0.717) is 11.3 Å².